The third-order valence-electron chi connectivity index (χ3n) is 4.06. The van der Waals surface area contributed by atoms with E-state index in [9.17, 15) is 23.1 Å². The first kappa shape index (κ1) is 24.5. The molecule has 0 amide bonds. The summed E-state index contributed by atoms with van der Waals surface area (Å²) in [6, 6.07) is 12.5. The van der Waals surface area contributed by atoms with Gasteiger partial charge in [-0.15, -0.1) is 11.3 Å². The van der Waals surface area contributed by atoms with E-state index in [1.54, 1.807) is 25.1 Å². The van der Waals surface area contributed by atoms with Gasteiger partial charge in [-0.2, -0.15) is 13.2 Å². The van der Waals surface area contributed by atoms with Crippen molar-refractivity contribution in [3.05, 3.63) is 69.0 Å². The zero-order valence-corrected chi connectivity index (χ0v) is 19.0. The largest absolute Gasteiger partial charge is 0.506 e. The Balaban J connectivity index is 0.000000245. The number of nitrogen functional groups attached to an aromatic ring is 1. The number of carbonyl (C=O) groups excluding carboxylic acids is 1. The van der Waals surface area contributed by atoms with Gasteiger partial charge in [0.05, 0.1) is 29.0 Å². The minimum absolute atomic E-state index is 0.116. The van der Waals surface area contributed by atoms with Gasteiger partial charge >= 0.3 is 12.1 Å². The molecule has 5 nitrogen and oxygen atoms in total. The summed E-state index contributed by atoms with van der Waals surface area (Å²) in [5.41, 5.74) is 6.94. The van der Waals surface area contributed by atoms with Gasteiger partial charge in [0, 0.05) is 10.5 Å². The number of methoxy groups -OCH3 is 1. The van der Waals surface area contributed by atoms with E-state index in [4.69, 9.17) is 5.73 Å². The molecule has 1 aromatic heterocycles. The molecule has 0 unspecified atom stereocenters. The molecule has 4 N–H and O–H groups in total. The quantitative estimate of drug-likeness (QED) is 0.268. The van der Waals surface area contributed by atoms with E-state index in [1.807, 2.05) is 6.07 Å². The second-order valence-corrected chi connectivity index (χ2v) is 8.15. The van der Waals surface area contributed by atoms with Crippen molar-refractivity contribution >= 4 is 49.6 Å². The number of ether oxygens (including phenoxy) is 1. The van der Waals surface area contributed by atoms with Crippen LogP contribution < -0.4 is 11.1 Å². The minimum atomic E-state index is -4.22. The Morgan fingerprint density at radius 3 is 2.45 bits per heavy atom. The van der Waals surface area contributed by atoms with Crippen LogP contribution in [0.1, 0.15) is 27.7 Å². The van der Waals surface area contributed by atoms with Crippen molar-refractivity contribution in [2.45, 2.75) is 19.5 Å². The Bertz CT molecular complexity index is 1050. The average Bonchev–Trinajstić information content (AvgIpc) is 3.09. The first-order valence-corrected chi connectivity index (χ1v) is 10.6. The Kier molecular flexibility index (Phi) is 8.35. The van der Waals surface area contributed by atoms with Crippen LogP contribution in [0.2, 0.25) is 0 Å². The predicted octanol–water partition coefficient (Wildman–Crippen LogP) is 6.60. The summed E-state index contributed by atoms with van der Waals surface area (Å²) in [6.07, 6.45) is -3.80. The molecule has 31 heavy (non-hydrogen) atoms. The maximum Gasteiger partial charge on any atom is 0.416 e. The zero-order valence-electron chi connectivity index (χ0n) is 16.6. The fourth-order valence-corrected chi connectivity index (χ4v) is 3.83. The summed E-state index contributed by atoms with van der Waals surface area (Å²) >= 11 is 4.42. The number of alkyl halides is 3. The van der Waals surface area contributed by atoms with Crippen molar-refractivity contribution in [2.75, 3.05) is 18.2 Å². The van der Waals surface area contributed by atoms with Gasteiger partial charge < -0.3 is 20.9 Å². The smallest absolute Gasteiger partial charge is 0.416 e. The number of hydrogen-bond donors (Lipinski definition) is 3. The number of thiophene rings is 1. The Labute approximate surface area is 189 Å². The van der Waals surface area contributed by atoms with Gasteiger partial charge in [-0.05, 0) is 36.2 Å². The second-order valence-electron chi connectivity index (χ2n) is 6.18. The number of benzene rings is 2. The predicted molar refractivity (Wildman–Crippen MR) is 120 cm³/mol. The number of aryl methyl sites for hydroxylation is 1. The van der Waals surface area contributed by atoms with Crippen LogP contribution in [0.5, 0.6) is 5.75 Å². The van der Waals surface area contributed by atoms with E-state index in [2.05, 4.69) is 26.0 Å². The monoisotopic (exact) mass is 516 g/mol. The van der Waals surface area contributed by atoms with E-state index in [0.717, 1.165) is 21.9 Å². The molecule has 0 atom stereocenters. The van der Waals surface area contributed by atoms with E-state index in [0.29, 0.717) is 28.4 Å². The molecule has 1 heterocycles. The molecular weight excluding hydrogens is 497 g/mol. The molecule has 3 rings (SSSR count). The van der Waals surface area contributed by atoms with Crippen molar-refractivity contribution in [3.63, 3.8) is 0 Å². The Morgan fingerprint density at radius 1 is 1.23 bits per heavy atom. The van der Waals surface area contributed by atoms with Crippen LogP contribution in [0.4, 0.5) is 29.5 Å². The third kappa shape index (κ3) is 6.63. The van der Waals surface area contributed by atoms with E-state index >= 15 is 0 Å². The van der Waals surface area contributed by atoms with Gasteiger partial charge in [-0.25, -0.2) is 4.79 Å². The SMILES string of the molecule is CCc1ccccc1C(F)(F)F.COC(=O)c1sc(Nc2ccc(Br)cc2N)cc1O. The molecule has 0 aliphatic heterocycles. The number of nitrogens with one attached hydrogen (secondary N) is 1. The van der Waals surface area contributed by atoms with Gasteiger partial charge in [0.25, 0.3) is 0 Å². The third-order valence-corrected chi connectivity index (χ3v) is 5.57. The van der Waals surface area contributed by atoms with Gasteiger partial charge in [0.15, 0.2) is 4.88 Å². The summed E-state index contributed by atoms with van der Waals surface area (Å²) in [7, 11) is 1.27. The first-order chi connectivity index (χ1) is 14.6. The van der Waals surface area contributed by atoms with Crippen LogP contribution in [-0.4, -0.2) is 18.2 Å². The summed E-state index contributed by atoms with van der Waals surface area (Å²) < 4.78 is 42.2. The van der Waals surface area contributed by atoms with Crippen LogP contribution >= 0.6 is 27.3 Å². The van der Waals surface area contributed by atoms with Crippen molar-refractivity contribution in [3.8, 4) is 5.75 Å². The number of rotatable bonds is 4. The number of hydrogen-bond acceptors (Lipinski definition) is 6. The lowest BCUT2D eigenvalue weighted by Gasteiger charge is -2.10. The van der Waals surface area contributed by atoms with Crippen LogP contribution in [0.25, 0.3) is 0 Å². The number of esters is 1. The molecule has 0 aliphatic rings. The second kappa shape index (κ2) is 10.5. The van der Waals surface area contributed by atoms with Crippen LogP contribution in [0.3, 0.4) is 0 Å². The molecule has 3 aromatic rings. The zero-order chi connectivity index (χ0) is 23.2. The number of aromatic hydroxyl groups is 1. The fraction of sp³-hybridized carbons (Fsp3) is 0.190. The van der Waals surface area contributed by atoms with E-state index < -0.39 is 17.7 Å². The average molecular weight is 517 g/mol. The van der Waals surface area contributed by atoms with E-state index in [1.165, 1.54) is 25.3 Å². The molecule has 166 valence electrons. The lowest BCUT2D eigenvalue weighted by atomic mass is 10.1. The highest BCUT2D eigenvalue weighted by atomic mass is 79.9. The molecule has 0 saturated heterocycles. The normalized spacial score (nSPS) is 10.8. The molecule has 0 radical (unpaired) electrons. The molecule has 0 fully saturated rings. The van der Waals surface area contributed by atoms with Crippen molar-refractivity contribution in [1.29, 1.82) is 0 Å². The van der Waals surface area contributed by atoms with Crippen molar-refractivity contribution < 1.29 is 27.8 Å². The van der Waals surface area contributed by atoms with Crippen molar-refractivity contribution in [2.24, 2.45) is 0 Å². The molecule has 2 aromatic carbocycles. The fourth-order valence-electron chi connectivity index (χ4n) is 2.57. The summed E-state index contributed by atoms with van der Waals surface area (Å²) in [5, 5.41) is 13.3. The highest BCUT2D eigenvalue weighted by molar-refractivity contribution is 9.10. The maximum absolute atomic E-state index is 12.2. The highest BCUT2D eigenvalue weighted by Gasteiger charge is 2.32. The highest BCUT2D eigenvalue weighted by Crippen LogP contribution is 2.36. The summed E-state index contributed by atoms with van der Waals surface area (Å²) in [5.74, 6) is -0.686. The molecule has 0 spiro atoms. The lowest BCUT2D eigenvalue weighted by Crippen LogP contribution is -2.08. The van der Waals surface area contributed by atoms with Gasteiger partial charge in [-0.3, -0.25) is 0 Å². The minimum Gasteiger partial charge on any atom is -0.506 e. The van der Waals surface area contributed by atoms with Gasteiger partial charge in [0.1, 0.15) is 5.75 Å². The summed E-state index contributed by atoms with van der Waals surface area (Å²) in [4.78, 5) is 11.5. The molecule has 0 saturated carbocycles. The van der Waals surface area contributed by atoms with Gasteiger partial charge in [-0.1, -0.05) is 41.1 Å². The topological polar surface area (TPSA) is 84.6 Å². The number of carbonyl (C=O) groups is 1. The molecule has 0 aliphatic carbocycles. The maximum atomic E-state index is 12.2. The van der Waals surface area contributed by atoms with Crippen LogP contribution in [0.15, 0.2) is 53.0 Å². The number of halogens is 4. The standard InChI is InChI=1S/C12H11BrN2O3S.C9H9F3/c1-18-12(17)11-9(16)5-10(19-11)15-8-3-2-6(13)4-7(8)14;1-2-7-5-3-4-6-8(7)9(10,11)12/h2-5,15-16H,14H2,1H3;3-6H,2H2,1H3. The Morgan fingerprint density at radius 2 is 1.90 bits per heavy atom. The first-order valence-electron chi connectivity index (χ1n) is 8.95. The Hall–Kier alpha value is -2.72. The molecule has 0 bridgehead atoms. The van der Waals surface area contributed by atoms with Gasteiger partial charge in [0.2, 0.25) is 0 Å². The molecular formula is C21H20BrF3N2O3S. The van der Waals surface area contributed by atoms with Crippen LogP contribution in [-0.2, 0) is 17.3 Å². The summed E-state index contributed by atoms with van der Waals surface area (Å²) in [6.45, 7) is 1.71. The van der Waals surface area contributed by atoms with Crippen molar-refractivity contribution in [1.82, 2.24) is 0 Å². The number of anilines is 3. The number of nitrogens with two attached hydrogens (primary N) is 1. The lowest BCUT2D eigenvalue weighted by molar-refractivity contribution is -0.138. The molecule has 10 heteroatoms. The van der Waals surface area contributed by atoms with Crippen LogP contribution in [0, 0.1) is 0 Å². The van der Waals surface area contributed by atoms with E-state index in [-0.39, 0.29) is 10.6 Å².